The van der Waals surface area contributed by atoms with E-state index < -0.39 is 0 Å². The number of carbonyl (C=O) groups is 1. The number of nitrogens with two attached hydrogens (primary N) is 1. The third-order valence-electron chi connectivity index (χ3n) is 2.95. The summed E-state index contributed by atoms with van der Waals surface area (Å²) < 4.78 is 1.88. The maximum absolute atomic E-state index is 11.8. The maximum atomic E-state index is 11.8. The van der Waals surface area contributed by atoms with Crippen LogP contribution in [0.15, 0.2) is 36.7 Å². The first kappa shape index (κ1) is 12.4. The molecule has 2 aromatic rings. The first-order chi connectivity index (χ1) is 8.65. The number of hydrogen-bond donors (Lipinski definition) is 1. The lowest BCUT2D eigenvalue weighted by Crippen LogP contribution is -2.08. The molecule has 4 heteroatoms. The molecule has 94 valence electrons. The van der Waals surface area contributed by atoms with Crippen molar-refractivity contribution >= 4 is 11.5 Å². The van der Waals surface area contributed by atoms with Crippen LogP contribution in [0.1, 0.15) is 17.8 Å². The fourth-order valence-electron chi connectivity index (χ4n) is 1.80. The molecular weight excluding hydrogens is 226 g/mol. The van der Waals surface area contributed by atoms with Crippen molar-refractivity contribution in [2.75, 3.05) is 5.73 Å². The van der Waals surface area contributed by atoms with Crippen molar-refractivity contribution in [2.45, 2.75) is 19.3 Å². The van der Waals surface area contributed by atoms with E-state index in [9.17, 15) is 4.79 Å². The Bertz CT molecular complexity index is 528. The molecule has 0 radical (unpaired) electrons. The summed E-state index contributed by atoms with van der Waals surface area (Å²) in [5.41, 5.74) is 7.50. The molecule has 2 rings (SSSR count). The van der Waals surface area contributed by atoms with Crippen LogP contribution in [0.25, 0.3) is 0 Å². The zero-order valence-corrected chi connectivity index (χ0v) is 10.5. The summed E-state index contributed by atoms with van der Waals surface area (Å²) in [6.45, 7) is 0. The molecule has 18 heavy (non-hydrogen) atoms. The van der Waals surface area contributed by atoms with Crippen LogP contribution in [0.2, 0.25) is 0 Å². The number of anilines is 1. The van der Waals surface area contributed by atoms with Crippen molar-refractivity contribution in [1.82, 2.24) is 9.55 Å². The van der Waals surface area contributed by atoms with Crippen molar-refractivity contribution in [3.8, 4) is 0 Å². The summed E-state index contributed by atoms with van der Waals surface area (Å²) in [5, 5.41) is 0. The van der Waals surface area contributed by atoms with E-state index in [4.69, 9.17) is 5.73 Å². The highest BCUT2D eigenvalue weighted by atomic mass is 16.1. The highest BCUT2D eigenvalue weighted by Crippen LogP contribution is 2.09. The lowest BCUT2D eigenvalue weighted by atomic mass is 10.1. The number of rotatable bonds is 5. The zero-order valence-electron chi connectivity index (χ0n) is 10.5. The van der Waals surface area contributed by atoms with E-state index in [2.05, 4.69) is 4.98 Å². The molecular formula is C14H17N3O. The van der Waals surface area contributed by atoms with Crippen LogP contribution in [-0.2, 0) is 24.7 Å². The quantitative estimate of drug-likeness (QED) is 0.814. The fraction of sp³-hybridized carbons (Fsp3) is 0.286. The van der Waals surface area contributed by atoms with Crippen LogP contribution in [0.3, 0.4) is 0 Å². The average Bonchev–Trinajstić information content (AvgIpc) is 2.74. The molecule has 0 amide bonds. The normalized spacial score (nSPS) is 10.5. The second-order valence-corrected chi connectivity index (χ2v) is 4.41. The van der Waals surface area contributed by atoms with Crippen molar-refractivity contribution in [3.63, 3.8) is 0 Å². The fourth-order valence-corrected chi connectivity index (χ4v) is 1.80. The Hall–Kier alpha value is -2.10. The smallest absolute Gasteiger partial charge is 0.140 e. The molecule has 0 aliphatic heterocycles. The Labute approximate surface area is 106 Å². The minimum atomic E-state index is 0.209. The van der Waals surface area contributed by atoms with Gasteiger partial charge in [-0.2, -0.15) is 0 Å². The standard InChI is InChI=1S/C14H17N3O/c1-17-9-8-16-14(17)10-13(18)7-4-11-2-5-12(15)6-3-11/h2-3,5-6,8-9H,4,7,10,15H2,1H3. The van der Waals surface area contributed by atoms with Crippen molar-refractivity contribution in [1.29, 1.82) is 0 Å². The Morgan fingerprint density at radius 2 is 2.06 bits per heavy atom. The number of ketones is 1. The summed E-state index contributed by atoms with van der Waals surface area (Å²) in [6, 6.07) is 7.64. The van der Waals surface area contributed by atoms with Crippen LogP contribution >= 0.6 is 0 Å². The molecule has 0 unspecified atom stereocenters. The molecule has 0 saturated carbocycles. The van der Waals surface area contributed by atoms with Gasteiger partial charge in [-0.15, -0.1) is 0 Å². The Balaban J connectivity index is 1.85. The molecule has 0 atom stereocenters. The molecule has 1 heterocycles. The van der Waals surface area contributed by atoms with Gasteiger partial charge < -0.3 is 10.3 Å². The molecule has 2 N–H and O–H groups in total. The minimum Gasteiger partial charge on any atom is -0.399 e. The van der Waals surface area contributed by atoms with E-state index >= 15 is 0 Å². The highest BCUT2D eigenvalue weighted by molar-refractivity contribution is 5.80. The maximum Gasteiger partial charge on any atom is 0.140 e. The molecule has 0 aliphatic carbocycles. The van der Waals surface area contributed by atoms with Gasteiger partial charge in [-0.1, -0.05) is 12.1 Å². The first-order valence-electron chi connectivity index (χ1n) is 5.97. The molecule has 0 saturated heterocycles. The predicted molar refractivity (Wildman–Crippen MR) is 71.1 cm³/mol. The monoisotopic (exact) mass is 243 g/mol. The Morgan fingerprint density at radius 1 is 1.33 bits per heavy atom. The molecule has 0 bridgehead atoms. The van der Waals surface area contributed by atoms with Gasteiger partial charge in [-0.05, 0) is 24.1 Å². The van der Waals surface area contributed by atoms with Crippen LogP contribution in [0.4, 0.5) is 5.69 Å². The predicted octanol–water partition coefficient (Wildman–Crippen LogP) is 1.75. The number of aryl methyl sites for hydroxylation is 2. The lowest BCUT2D eigenvalue weighted by molar-refractivity contribution is -0.118. The van der Waals surface area contributed by atoms with Crippen molar-refractivity contribution in [3.05, 3.63) is 48.0 Å². The third kappa shape index (κ3) is 3.20. The van der Waals surface area contributed by atoms with Gasteiger partial charge in [0, 0.05) is 31.5 Å². The number of imidazole rings is 1. The largest absolute Gasteiger partial charge is 0.399 e. The van der Waals surface area contributed by atoms with Gasteiger partial charge in [0.15, 0.2) is 0 Å². The van der Waals surface area contributed by atoms with Gasteiger partial charge in [0.25, 0.3) is 0 Å². The van der Waals surface area contributed by atoms with Crippen LogP contribution in [-0.4, -0.2) is 15.3 Å². The number of nitrogen functional groups attached to an aromatic ring is 1. The number of Topliss-reactive ketones (excluding diaryl/α,β-unsaturated/α-hetero) is 1. The van der Waals surface area contributed by atoms with Gasteiger partial charge in [0.2, 0.25) is 0 Å². The van der Waals surface area contributed by atoms with E-state index in [0.717, 1.165) is 23.5 Å². The average molecular weight is 243 g/mol. The third-order valence-corrected chi connectivity index (χ3v) is 2.95. The number of hydrogen-bond acceptors (Lipinski definition) is 3. The van der Waals surface area contributed by atoms with E-state index in [0.29, 0.717) is 12.8 Å². The topological polar surface area (TPSA) is 60.9 Å². The number of carbonyl (C=O) groups excluding carboxylic acids is 1. The lowest BCUT2D eigenvalue weighted by Gasteiger charge is -2.03. The number of benzene rings is 1. The van der Waals surface area contributed by atoms with Gasteiger partial charge >= 0.3 is 0 Å². The van der Waals surface area contributed by atoms with Crippen molar-refractivity contribution in [2.24, 2.45) is 7.05 Å². The summed E-state index contributed by atoms with van der Waals surface area (Å²) in [7, 11) is 1.90. The summed E-state index contributed by atoms with van der Waals surface area (Å²) in [4.78, 5) is 16.0. The van der Waals surface area contributed by atoms with Crippen LogP contribution in [0, 0.1) is 0 Å². The van der Waals surface area contributed by atoms with Gasteiger partial charge in [0.05, 0.1) is 6.42 Å². The van der Waals surface area contributed by atoms with Gasteiger partial charge in [0.1, 0.15) is 11.6 Å². The second-order valence-electron chi connectivity index (χ2n) is 4.41. The Kier molecular flexibility index (Phi) is 3.77. The van der Waals surface area contributed by atoms with Crippen LogP contribution < -0.4 is 5.73 Å². The second kappa shape index (κ2) is 5.49. The SMILES string of the molecule is Cn1ccnc1CC(=O)CCc1ccc(N)cc1. The highest BCUT2D eigenvalue weighted by Gasteiger charge is 2.07. The summed E-state index contributed by atoms with van der Waals surface area (Å²) in [5.74, 6) is 1.03. The van der Waals surface area contributed by atoms with Crippen LogP contribution in [0.5, 0.6) is 0 Å². The van der Waals surface area contributed by atoms with E-state index in [1.165, 1.54) is 0 Å². The zero-order chi connectivity index (χ0) is 13.0. The Morgan fingerprint density at radius 3 is 2.67 bits per heavy atom. The molecule has 0 spiro atoms. The van der Waals surface area contributed by atoms with Gasteiger partial charge in [-0.3, -0.25) is 4.79 Å². The summed E-state index contributed by atoms with van der Waals surface area (Å²) in [6.07, 6.45) is 5.25. The van der Waals surface area contributed by atoms with E-state index in [-0.39, 0.29) is 5.78 Å². The molecule has 0 fully saturated rings. The first-order valence-corrected chi connectivity index (χ1v) is 5.97. The van der Waals surface area contributed by atoms with E-state index in [1.807, 2.05) is 42.1 Å². The molecule has 4 nitrogen and oxygen atoms in total. The van der Waals surface area contributed by atoms with E-state index in [1.54, 1.807) is 6.20 Å². The minimum absolute atomic E-state index is 0.209. The molecule has 1 aromatic heterocycles. The molecule has 1 aromatic carbocycles. The van der Waals surface area contributed by atoms with Gasteiger partial charge in [-0.25, -0.2) is 4.98 Å². The molecule has 0 aliphatic rings. The summed E-state index contributed by atoms with van der Waals surface area (Å²) >= 11 is 0. The number of aromatic nitrogens is 2. The van der Waals surface area contributed by atoms with Crippen molar-refractivity contribution < 1.29 is 4.79 Å². The number of nitrogens with zero attached hydrogens (tertiary/aromatic N) is 2.